The topological polar surface area (TPSA) is 60.9 Å². The Kier molecular flexibility index (Phi) is 4.74. The van der Waals surface area contributed by atoms with Gasteiger partial charge in [-0.25, -0.2) is 0 Å². The largest absolute Gasteiger partial charge is 0.395 e. The molecule has 0 atom stereocenters. The number of aliphatic hydroxyl groups is 1. The number of fused-ring (bicyclic) bond motifs is 1. The molecule has 0 unspecified atom stereocenters. The number of hydrogen-bond acceptors (Lipinski definition) is 3. The van der Waals surface area contributed by atoms with Gasteiger partial charge in [0, 0.05) is 26.2 Å². The van der Waals surface area contributed by atoms with Crippen LogP contribution in [0.15, 0.2) is 24.3 Å². The summed E-state index contributed by atoms with van der Waals surface area (Å²) in [4.78, 5) is 27.3. The van der Waals surface area contributed by atoms with Gasteiger partial charge in [0.1, 0.15) is 0 Å². The summed E-state index contributed by atoms with van der Waals surface area (Å²) in [6.45, 7) is 3.35. The summed E-state index contributed by atoms with van der Waals surface area (Å²) in [5, 5.41) is 8.92. The van der Waals surface area contributed by atoms with Gasteiger partial charge in [0.15, 0.2) is 0 Å². The number of hydrogen-bond donors (Lipinski definition) is 1. The molecule has 0 saturated heterocycles. The Hall–Kier alpha value is -1.88. The summed E-state index contributed by atoms with van der Waals surface area (Å²) in [6.07, 6.45) is 0.779. The van der Waals surface area contributed by atoms with Crippen LogP contribution < -0.4 is 0 Å². The first kappa shape index (κ1) is 14.5. The second-order valence-corrected chi connectivity index (χ2v) is 4.85. The Morgan fingerprint density at radius 3 is 2.65 bits per heavy atom. The SMILES string of the molecule is CCN(CCO)C(=O)C(=O)N1CCc2ccccc2C1. The normalized spacial score (nSPS) is 13.8. The smallest absolute Gasteiger partial charge is 0.312 e. The molecule has 5 heteroatoms. The third-order valence-corrected chi connectivity index (χ3v) is 3.64. The standard InChI is InChI=1S/C15H20N2O3/c1-2-16(9-10-18)14(19)15(20)17-8-7-12-5-3-4-6-13(12)11-17/h3-6,18H,2,7-11H2,1H3. The highest BCUT2D eigenvalue weighted by Gasteiger charge is 2.28. The predicted octanol–water partition coefficient (Wildman–Crippen LogP) is 0.412. The van der Waals surface area contributed by atoms with Crippen molar-refractivity contribution in [1.82, 2.24) is 9.80 Å². The van der Waals surface area contributed by atoms with Gasteiger partial charge in [-0.2, -0.15) is 0 Å². The zero-order valence-corrected chi connectivity index (χ0v) is 11.7. The van der Waals surface area contributed by atoms with Crippen molar-refractivity contribution in [3.8, 4) is 0 Å². The third-order valence-electron chi connectivity index (χ3n) is 3.64. The molecule has 1 aliphatic rings. The van der Waals surface area contributed by atoms with Crippen molar-refractivity contribution >= 4 is 11.8 Å². The maximum absolute atomic E-state index is 12.2. The van der Waals surface area contributed by atoms with E-state index in [1.807, 2.05) is 18.2 Å². The molecule has 1 aromatic carbocycles. The fourth-order valence-corrected chi connectivity index (χ4v) is 2.46. The van der Waals surface area contributed by atoms with Gasteiger partial charge in [-0.3, -0.25) is 9.59 Å². The third kappa shape index (κ3) is 2.99. The van der Waals surface area contributed by atoms with Crippen LogP contribution in [-0.2, 0) is 22.6 Å². The molecule has 1 aliphatic heterocycles. The van der Waals surface area contributed by atoms with E-state index < -0.39 is 11.8 Å². The van der Waals surface area contributed by atoms with Crippen LogP contribution in [0.3, 0.4) is 0 Å². The molecule has 5 nitrogen and oxygen atoms in total. The first-order valence-corrected chi connectivity index (χ1v) is 6.93. The van der Waals surface area contributed by atoms with Crippen LogP contribution in [-0.4, -0.2) is 53.0 Å². The summed E-state index contributed by atoms with van der Waals surface area (Å²) in [7, 11) is 0. The van der Waals surface area contributed by atoms with E-state index in [1.165, 1.54) is 10.5 Å². The van der Waals surface area contributed by atoms with Crippen molar-refractivity contribution in [2.45, 2.75) is 19.9 Å². The summed E-state index contributed by atoms with van der Waals surface area (Å²) in [5.41, 5.74) is 2.34. The number of carbonyl (C=O) groups is 2. The van der Waals surface area contributed by atoms with Crippen molar-refractivity contribution in [3.05, 3.63) is 35.4 Å². The van der Waals surface area contributed by atoms with E-state index in [0.717, 1.165) is 12.0 Å². The summed E-state index contributed by atoms with van der Waals surface area (Å²) in [6, 6.07) is 7.98. The second kappa shape index (κ2) is 6.52. The highest BCUT2D eigenvalue weighted by Crippen LogP contribution is 2.18. The Bertz CT molecular complexity index is 502. The number of rotatable bonds is 3. The molecule has 1 aromatic rings. The maximum atomic E-state index is 12.2. The van der Waals surface area contributed by atoms with Crippen molar-refractivity contribution in [1.29, 1.82) is 0 Å². The van der Waals surface area contributed by atoms with Gasteiger partial charge in [0.2, 0.25) is 0 Å². The molecular formula is C15H20N2O3. The average molecular weight is 276 g/mol. The Balaban J connectivity index is 2.06. The number of likely N-dealkylation sites (N-methyl/N-ethyl adjacent to an activating group) is 1. The van der Waals surface area contributed by atoms with Gasteiger partial charge in [0.05, 0.1) is 6.61 Å². The number of amides is 2. The van der Waals surface area contributed by atoms with Crippen LogP contribution in [0.5, 0.6) is 0 Å². The highest BCUT2D eigenvalue weighted by molar-refractivity contribution is 6.34. The van der Waals surface area contributed by atoms with Crippen molar-refractivity contribution in [2.24, 2.45) is 0 Å². The minimum Gasteiger partial charge on any atom is -0.395 e. The van der Waals surface area contributed by atoms with Gasteiger partial charge in [0.25, 0.3) is 0 Å². The van der Waals surface area contributed by atoms with E-state index >= 15 is 0 Å². The first-order chi connectivity index (χ1) is 9.67. The molecule has 2 amide bonds. The molecule has 0 aliphatic carbocycles. The van der Waals surface area contributed by atoms with Crippen LogP contribution >= 0.6 is 0 Å². The van der Waals surface area contributed by atoms with Crippen molar-refractivity contribution < 1.29 is 14.7 Å². The molecule has 1 heterocycles. The molecule has 1 N–H and O–H groups in total. The molecule has 0 spiro atoms. The van der Waals surface area contributed by atoms with E-state index in [4.69, 9.17) is 5.11 Å². The number of aliphatic hydroxyl groups excluding tert-OH is 1. The molecule has 0 radical (unpaired) electrons. The Morgan fingerprint density at radius 2 is 2.00 bits per heavy atom. The van der Waals surface area contributed by atoms with E-state index in [1.54, 1.807) is 11.8 Å². The Labute approximate surface area is 118 Å². The monoisotopic (exact) mass is 276 g/mol. The van der Waals surface area contributed by atoms with Crippen LogP contribution in [0.25, 0.3) is 0 Å². The molecule has 0 aromatic heterocycles. The molecule has 0 saturated carbocycles. The number of carbonyl (C=O) groups excluding carboxylic acids is 2. The number of benzene rings is 1. The fourth-order valence-electron chi connectivity index (χ4n) is 2.46. The highest BCUT2D eigenvalue weighted by atomic mass is 16.3. The lowest BCUT2D eigenvalue weighted by molar-refractivity contribution is -0.152. The Morgan fingerprint density at radius 1 is 1.30 bits per heavy atom. The molecular weight excluding hydrogens is 256 g/mol. The van der Waals surface area contributed by atoms with Crippen LogP contribution in [0.2, 0.25) is 0 Å². The summed E-state index contributed by atoms with van der Waals surface area (Å²) >= 11 is 0. The number of nitrogens with zero attached hydrogens (tertiary/aromatic N) is 2. The summed E-state index contributed by atoms with van der Waals surface area (Å²) < 4.78 is 0. The van der Waals surface area contributed by atoms with Gasteiger partial charge in [-0.05, 0) is 24.5 Å². The van der Waals surface area contributed by atoms with Gasteiger partial charge in [-0.1, -0.05) is 24.3 Å². The lowest BCUT2D eigenvalue weighted by Gasteiger charge is -2.30. The fraction of sp³-hybridized carbons (Fsp3) is 0.467. The lowest BCUT2D eigenvalue weighted by atomic mass is 10.00. The van der Waals surface area contributed by atoms with E-state index in [2.05, 4.69) is 6.07 Å². The minimum atomic E-state index is -0.527. The summed E-state index contributed by atoms with van der Waals surface area (Å²) in [5.74, 6) is -1.00. The molecule has 0 fully saturated rings. The minimum absolute atomic E-state index is 0.129. The van der Waals surface area contributed by atoms with Crippen LogP contribution in [0.4, 0.5) is 0 Å². The quantitative estimate of drug-likeness (QED) is 0.814. The molecule has 0 bridgehead atoms. The molecule has 108 valence electrons. The lowest BCUT2D eigenvalue weighted by Crippen LogP contribution is -2.47. The van der Waals surface area contributed by atoms with E-state index in [9.17, 15) is 9.59 Å². The van der Waals surface area contributed by atoms with Crippen LogP contribution in [0, 0.1) is 0 Å². The average Bonchev–Trinajstić information content (AvgIpc) is 2.50. The van der Waals surface area contributed by atoms with Crippen LogP contribution in [0.1, 0.15) is 18.1 Å². The molecule has 2 rings (SSSR count). The van der Waals surface area contributed by atoms with Gasteiger partial charge in [-0.15, -0.1) is 0 Å². The zero-order chi connectivity index (χ0) is 14.5. The van der Waals surface area contributed by atoms with Crippen molar-refractivity contribution in [3.63, 3.8) is 0 Å². The maximum Gasteiger partial charge on any atom is 0.312 e. The predicted molar refractivity (Wildman–Crippen MR) is 74.9 cm³/mol. The van der Waals surface area contributed by atoms with Gasteiger partial charge >= 0.3 is 11.8 Å². The van der Waals surface area contributed by atoms with Crippen molar-refractivity contribution in [2.75, 3.05) is 26.2 Å². The van der Waals surface area contributed by atoms with E-state index in [-0.39, 0.29) is 13.2 Å². The molecule has 20 heavy (non-hydrogen) atoms. The van der Waals surface area contributed by atoms with Gasteiger partial charge < -0.3 is 14.9 Å². The zero-order valence-electron chi connectivity index (χ0n) is 11.7. The van der Waals surface area contributed by atoms with E-state index in [0.29, 0.717) is 19.6 Å². The first-order valence-electron chi connectivity index (χ1n) is 6.93. The second-order valence-electron chi connectivity index (χ2n) is 4.85.